The molecule has 0 aliphatic carbocycles. The summed E-state index contributed by atoms with van der Waals surface area (Å²) in [4.78, 5) is 38.8. The highest BCUT2D eigenvalue weighted by Crippen LogP contribution is 2.25. The van der Waals surface area contributed by atoms with Crippen LogP contribution in [0, 0.1) is 11.8 Å². The molecule has 142 valence electrons. The second kappa shape index (κ2) is 8.45. The maximum absolute atomic E-state index is 13.2. The molecule has 0 unspecified atom stereocenters. The minimum absolute atomic E-state index is 0.277. The van der Waals surface area contributed by atoms with Gasteiger partial charge in [-0.05, 0) is 23.4 Å². The predicted octanol–water partition coefficient (Wildman–Crippen LogP) is 1.47. The maximum atomic E-state index is 13.2. The summed E-state index contributed by atoms with van der Waals surface area (Å²) < 4.78 is 50.1. The zero-order valence-corrected chi connectivity index (χ0v) is 15.3. The van der Waals surface area contributed by atoms with Gasteiger partial charge in [0.1, 0.15) is 12.1 Å². The molecule has 3 atom stereocenters. The van der Waals surface area contributed by atoms with Gasteiger partial charge in [0.05, 0.1) is 1.37 Å². The first kappa shape index (κ1) is 13.0. The quantitative estimate of drug-likeness (QED) is 0.798. The number of amides is 2. The fourth-order valence-electron chi connectivity index (χ4n) is 2.45. The fourth-order valence-corrected chi connectivity index (χ4v) is 2.45. The summed E-state index contributed by atoms with van der Waals surface area (Å²) in [5.41, 5.74) is -0.572. The highest BCUT2D eigenvalue weighted by Gasteiger charge is 2.32. The molecule has 0 saturated heterocycles. The topological polar surface area (TPSA) is 86.7 Å². The Morgan fingerprint density at radius 3 is 2.73 bits per heavy atom. The molecule has 2 amide bonds. The van der Waals surface area contributed by atoms with Crippen molar-refractivity contribution in [1.29, 1.82) is 0 Å². The molecule has 1 aliphatic heterocycles. The van der Waals surface area contributed by atoms with Crippen LogP contribution >= 0.6 is 0 Å². The van der Waals surface area contributed by atoms with E-state index in [1.54, 1.807) is 13.8 Å². The van der Waals surface area contributed by atoms with E-state index >= 15 is 0 Å². The van der Waals surface area contributed by atoms with Crippen molar-refractivity contribution in [3.05, 3.63) is 35.4 Å². The van der Waals surface area contributed by atoms with Crippen molar-refractivity contribution in [3.8, 4) is 0 Å². The Bertz CT molecular complexity index is 936. The molecule has 0 bridgehead atoms. The average Bonchev–Trinajstić information content (AvgIpc) is 2.73. The average molecular weight is 366 g/mol. The molecule has 2 rings (SSSR count). The standard InChI is InChI=1S/C20H28N2O4/c1-12(2)18(24)16(23)11-13(3)19(25)21-17-15-8-6-5-7-14(15)9-10-22(4)20(17)26/h5-8,12-13,17-18,24H,9-11H2,1-4H3,(H,21,25)/t13-,17+,18+/m1/s1/i9D2,10D2,13D,17D. The molecule has 0 aromatic heterocycles. The third-order valence-electron chi connectivity index (χ3n) is 4.10. The number of hydrogen-bond donors (Lipinski definition) is 2. The van der Waals surface area contributed by atoms with E-state index in [-0.39, 0.29) is 11.1 Å². The molecule has 0 saturated carbocycles. The Labute approximate surface area is 163 Å². The van der Waals surface area contributed by atoms with Crippen LogP contribution in [0.4, 0.5) is 0 Å². The van der Waals surface area contributed by atoms with Crippen molar-refractivity contribution in [2.75, 3.05) is 13.5 Å². The monoisotopic (exact) mass is 366 g/mol. The first-order valence-electron chi connectivity index (χ1n) is 11.3. The van der Waals surface area contributed by atoms with Crippen molar-refractivity contribution in [3.63, 3.8) is 0 Å². The summed E-state index contributed by atoms with van der Waals surface area (Å²) in [6.07, 6.45) is -4.78. The summed E-state index contributed by atoms with van der Waals surface area (Å²) >= 11 is 0. The fraction of sp³-hybridized carbons (Fsp3) is 0.550. The first-order valence-corrected chi connectivity index (χ1v) is 8.33. The van der Waals surface area contributed by atoms with Crippen molar-refractivity contribution >= 4 is 17.6 Å². The molecule has 1 aromatic rings. The first-order chi connectivity index (χ1) is 14.4. The zero-order valence-electron chi connectivity index (χ0n) is 21.3. The maximum Gasteiger partial charge on any atom is 0.249 e. The van der Waals surface area contributed by atoms with E-state index in [0.29, 0.717) is 4.90 Å². The van der Waals surface area contributed by atoms with Gasteiger partial charge in [-0.2, -0.15) is 0 Å². The number of carbonyl (C=O) groups is 3. The number of likely N-dealkylation sites (N-methyl/N-ethyl adjacent to an activating group) is 1. The summed E-state index contributed by atoms with van der Waals surface area (Å²) in [5.74, 6) is -5.74. The Hall–Kier alpha value is -2.21. The summed E-state index contributed by atoms with van der Waals surface area (Å²) in [6.45, 7) is 1.45. The molecule has 0 fully saturated rings. The molecule has 1 aromatic carbocycles. The minimum Gasteiger partial charge on any atom is -0.385 e. The summed E-state index contributed by atoms with van der Waals surface area (Å²) in [6, 6.07) is 2.66. The van der Waals surface area contributed by atoms with Crippen LogP contribution in [-0.2, 0) is 20.8 Å². The minimum atomic E-state index is -2.85. The van der Waals surface area contributed by atoms with Crippen LogP contribution in [0.3, 0.4) is 0 Å². The third-order valence-corrected chi connectivity index (χ3v) is 4.10. The van der Waals surface area contributed by atoms with Crippen LogP contribution in [0.5, 0.6) is 0 Å². The number of carbonyl (C=O) groups excluding carboxylic acids is 3. The van der Waals surface area contributed by atoms with Gasteiger partial charge in [0.25, 0.3) is 0 Å². The van der Waals surface area contributed by atoms with E-state index in [2.05, 4.69) is 5.32 Å². The number of rotatable bonds is 6. The lowest BCUT2D eigenvalue weighted by atomic mass is 9.94. The van der Waals surface area contributed by atoms with E-state index in [1.165, 1.54) is 24.3 Å². The predicted molar refractivity (Wildman–Crippen MR) is 98.3 cm³/mol. The van der Waals surface area contributed by atoms with E-state index in [9.17, 15) is 19.5 Å². The number of hydrogen-bond acceptors (Lipinski definition) is 4. The Kier molecular flexibility index (Phi) is 4.23. The van der Waals surface area contributed by atoms with E-state index in [0.717, 1.165) is 14.0 Å². The molecule has 0 radical (unpaired) electrons. The van der Waals surface area contributed by atoms with Gasteiger partial charge in [-0.15, -0.1) is 0 Å². The van der Waals surface area contributed by atoms with E-state index < -0.39 is 60.8 Å². The van der Waals surface area contributed by atoms with Gasteiger partial charge >= 0.3 is 0 Å². The summed E-state index contributed by atoms with van der Waals surface area (Å²) in [7, 11) is 0.990. The van der Waals surface area contributed by atoms with Gasteiger partial charge in [-0.1, -0.05) is 45.0 Å². The van der Waals surface area contributed by atoms with Gasteiger partial charge in [0.2, 0.25) is 11.8 Å². The lowest BCUT2D eigenvalue weighted by Gasteiger charge is -2.24. The number of ketones is 1. The van der Waals surface area contributed by atoms with Crippen molar-refractivity contribution < 1.29 is 27.7 Å². The van der Waals surface area contributed by atoms with Crippen molar-refractivity contribution in [2.45, 2.75) is 45.7 Å². The van der Waals surface area contributed by atoms with Crippen molar-refractivity contribution in [1.82, 2.24) is 10.2 Å². The van der Waals surface area contributed by atoms with Crippen LogP contribution in [0.1, 0.15) is 52.6 Å². The summed E-state index contributed by atoms with van der Waals surface area (Å²) in [5, 5.41) is 12.1. The normalized spacial score (nSPS) is 30.8. The molecule has 1 aliphatic rings. The lowest BCUT2D eigenvalue weighted by Crippen LogP contribution is -2.43. The highest BCUT2D eigenvalue weighted by atomic mass is 16.3. The Balaban J connectivity index is 2.52. The number of aliphatic hydroxyl groups is 1. The number of aryl methyl sites for hydroxylation is 1. The van der Waals surface area contributed by atoms with Crippen LogP contribution in [0.15, 0.2) is 24.3 Å². The molecular formula is C20H28N2O4. The van der Waals surface area contributed by atoms with Gasteiger partial charge in [-0.3, -0.25) is 14.4 Å². The molecular weight excluding hydrogens is 332 g/mol. The molecule has 6 heteroatoms. The molecule has 6 nitrogen and oxygen atoms in total. The third kappa shape index (κ3) is 4.49. The highest BCUT2D eigenvalue weighted by molar-refractivity contribution is 5.92. The van der Waals surface area contributed by atoms with Crippen LogP contribution < -0.4 is 5.32 Å². The van der Waals surface area contributed by atoms with Crippen LogP contribution in [0.25, 0.3) is 0 Å². The SMILES string of the molecule is [2H]C1([2H])c2ccccc2[C@]([2H])(NC(=O)[C@]([2H])(C)CC(=O)[C@@H](O)C(C)C)C(=O)N(C)C1([2H])[2H]. The molecule has 1 heterocycles. The zero-order chi connectivity index (χ0) is 24.9. The number of Topliss-reactive ketones (excluding diaryl/α,β-unsaturated/α-hetero) is 1. The number of benzene rings is 1. The van der Waals surface area contributed by atoms with E-state index in [1.807, 2.05) is 0 Å². The van der Waals surface area contributed by atoms with E-state index in [4.69, 9.17) is 8.22 Å². The largest absolute Gasteiger partial charge is 0.385 e. The molecule has 2 N–H and O–H groups in total. The number of aliphatic hydroxyl groups excluding tert-OH is 1. The van der Waals surface area contributed by atoms with Crippen molar-refractivity contribution in [2.24, 2.45) is 11.8 Å². The number of nitrogens with zero attached hydrogens (tertiary/aromatic N) is 1. The second-order valence-electron chi connectivity index (χ2n) is 6.59. The Morgan fingerprint density at radius 1 is 1.42 bits per heavy atom. The number of fused-ring (bicyclic) bond motifs is 1. The lowest BCUT2D eigenvalue weighted by molar-refractivity contribution is -0.137. The smallest absolute Gasteiger partial charge is 0.249 e. The van der Waals surface area contributed by atoms with Gasteiger partial charge in [-0.25, -0.2) is 0 Å². The molecule has 0 spiro atoms. The van der Waals surface area contributed by atoms with Gasteiger partial charge < -0.3 is 15.3 Å². The Morgan fingerprint density at radius 2 is 2.08 bits per heavy atom. The van der Waals surface area contributed by atoms with Gasteiger partial charge in [0, 0.05) is 32.7 Å². The number of nitrogens with one attached hydrogen (secondary N) is 1. The van der Waals surface area contributed by atoms with Crippen LogP contribution in [-0.4, -0.2) is 47.3 Å². The van der Waals surface area contributed by atoms with Crippen LogP contribution in [0.2, 0.25) is 0 Å². The second-order valence-corrected chi connectivity index (χ2v) is 6.59. The molecule has 26 heavy (non-hydrogen) atoms. The van der Waals surface area contributed by atoms with Gasteiger partial charge in [0.15, 0.2) is 5.78 Å².